The highest BCUT2D eigenvalue weighted by Gasteiger charge is 2.36. The second kappa shape index (κ2) is 11.4. The fraction of sp³-hybridized carbons (Fsp3) is 1.00. The van der Waals surface area contributed by atoms with Crippen LogP contribution < -0.4 is 0 Å². The molecule has 0 amide bonds. The summed E-state index contributed by atoms with van der Waals surface area (Å²) in [4.78, 5) is 0. The Hall–Kier alpha value is -0.160. The standard InChI is InChI=1S/C19H40O4/c1-9-10-15(4)19(8,14(2)3)23-18(7)13-22-17(6)12-21-16(5)11-20/h14-18,20H,9-13H2,1-8H3. The van der Waals surface area contributed by atoms with Gasteiger partial charge in [0.2, 0.25) is 0 Å². The fourth-order valence-electron chi connectivity index (χ4n) is 2.71. The molecule has 0 aliphatic heterocycles. The molecule has 5 unspecified atom stereocenters. The van der Waals surface area contributed by atoms with Gasteiger partial charge < -0.3 is 19.3 Å². The van der Waals surface area contributed by atoms with Gasteiger partial charge in [-0.15, -0.1) is 0 Å². The van der Waals surface area contributed by atoms with Crippen molar-refractivity contribution in [3.8, 4) is 0 Å². The molecule has 0 aromatic carbocycles. The molecule has 0 spiro atoms. The fourth-order valence-corrected chi connectivity index (χ4v) is 2.71. The van der Waals surface area contributed by atoms with Crippen LogP contribution in [0, 0.1) is 11.8 Å². The maximum atomic E-state index is 8.96. The van der Waals surface area contributed by atoms with Crippen molar-refractivity contribution in [1.82, 2.24) is 0 Å². The third kappa shape index (κ3) is 8.48. The first kappa shape index (κ1) is 22.8. The van der Waals surface area contributed by atoms with Crippen molar-refractivity contribution in [1.29, 1.82) is 0 Å². The average Bonchev–Trinajstić information content (AvgIpc) is 2.50. The Morgan fingerprint density at radius 2 is 1.39 bits per heavy atom. The number of ether oxygens (including phenoxy) is 3. The molecule has 140 valence electrons. The molecule has 0 fully saturated rings. The molecule has 4 nitrogen and oxygen atoms in total. The van der Waals surface area contributed by atoms with Gasteiger partial charge in [0.1, 0.15) is 0 Å². The number of hydrogen-bond donors (Lipinski definition) is 1. The van der Waals surface area contributed by atoms with Crippen LogP contribution in [0.2, 0.25) is 0 Å². The number of aliphatic hydroxyl groups excluding tert-OH is 1. The Labute approximate surface area is 143 Å². The Morgan fingerprint density at radius 1 is 0.870 bits per heavy atom. The second-order valence-corrected chi connectivity index (χ2v) is 7.43. The summed E-state index contributed by atoms with van der Waals surface area (Å²) in [5, 5.41) is 8.96. The van der Waals surface area contributed by atoms with E-state index in [1.54, 1.807) is 0 Å². The minimum Gasteiger partial charge on any atom is -0.394 e. The van der Waals surface area contributed by atoms with Gasteiger partial charge in [-0.25, -0.2) is 0 Å². The summed E-state index contributed by atoms with van der Waals surface area (Å²) in [5.41, 5.74) is -0.135. The molecule has 0 aliphatic carbocycles. The Bertz CT molecular complexity index is 295. The molecule has 1 N–H and O–H groups in total. The van der Waals surface area contributed by atoms with E-state index in [9.17, 15) is 0 Å². The van der Waals surface area contributed by atoms with Crippen LogP contribution in [0.25, 0.3) is 0 Å². The lowest BCUT2D eigenvalue weighted by molar-refractivity contribution is -0.161. The van der Waals surface area contributed by atoms with Crippen LogP contribution >= 0.6 is 0 Å². The molecule has 0 radical (unpaired) electrons. The van der Waals surface area contributed by atoms with E-state index in [1.165, 1.54) is 12.8 Å². The largest absolute Gasteiger partial charge is 0.394 e. The van der Waals surface area contributed by atoms with E-state index < -0.39 is 0 Å². The summed E-state index contributed by atoms with van der Waals surface area (Å²) in [6.07, 6.45) is 2.24. The summed E-state index contributed by atoms with van der Waals surface area (Å²) in [6.45, 7) is 18.2. The normalized spacial score (nSPS) is 20.1. The zero-order valence-electron chi connectivity index (χ0n) is 16.6. The quantitative estimate of drug-likeness (QED) is 0.553. The Kier molecular flexibility index (Phi) is 11.3. The van der Waals surface area contributed by atoms with Crippen LogP contribution in [0.1, 0.15) is 68.2 Å². The van der Waals surface area contributed by atoms with E-state index in [2.05, 4.69) is 41.5 Å². The molecular formula is C19H40O4. The van der Waals surface area contributed by atoms with Gasteiger partial charge in [-0.05, 0) is 46.0 Å². The van der Waals surface area contributed by atoms with E-state index in [0.29, 0.717) is 25.0 Å². The average molecular weight is 333 g/mol. The second-order valence-electron chi connectivity index (χ2n) is 7.43. The van der Waals surface area contributed by atoms with Gasteiger partial charge in [-0.1, -0.05) is 34.1 Å². The van der Waals surface area contributed by atoms with E-state index in [-0.39, 0.29) is 30.5 Å². The number of rotatable bonds is 13. The zero-order valence-corrected chi connectivity index (χ0v) is 16.6. The van der Waals surface area contributed by atoms with Gasteiger partial charge in [0, 0.05) is 0 Å². The highest BCUT2D eigenvalue weighted by atomic mass is 16.6. The third-order valence-corrected chi connectivity index (χ3v) is 4.79. The van der Waals surface area contributed by atoms with Crippen LogP contribution in [0.15, 0.2) is 0 Å². The SMILES string of the molecule is CCCC(C)C(C)(OC(C)COC(C)COC(C)CO)C(C)C. The van der Waals surface area contributed by atoms with Crippen LogP contribution in [0.5, 0.6) is 0 Å². The smallest absolute Gasteiger partial charge is 0.0788 e. The molecule has 0 rings (SSSR count). The summed E-state index contributed by atoms with van der Waals surface area (Å²) in [5.74, 6) is 0.971. The van der Waals surface area contributed by atoms with Crippen LogP contribution in [-0.2, 0) is 14.2 Å². The molecule has 0 aromatic heterocycles. The molecular weight excluding hydrogens is 292 g/mol. The monoisotopic (exact) mass is 332 g/mol. The van der Waals surface area contributed by atoms with Gasteiger partial charge in [0.15, 0.2) is 0 Å². The highest BCUT2D eigenvalue weighted by molar-refractivity contribution is 4.85. The molecule has 0 aromatic rings. The Morgan fingerprint density at radius 3 is 1.87 bits per heavy atom. The van der Waals surface area contributed by atoms with Gasteiger partial charge >= 0.3 is 0 Å². The molecule has 0 heterocycles. The van der Waals surface area contributed by atoms with Crippen LogP contribution in [0.4, 0.5) is 0 Å². The maximum Gasteiger partial charge on any atom is 0.0788 e. The van der Waals surface area contributed by atoms with Crippen molar-refractivity contribution >= 4 is 0 Å². The van der Waals surface area contributed by atoms with E-state index in [0.717, 1.165) is 0 Å². The molecule has 0 saturated heterocycles. The lowest BCUT2D eigenvalue weighted by Gasteiger charge is -2.41. The Balaban J connectivity index is 4.35. The van der Waals surface area contributed by atoms with Gasteiger partial charge in [0.05, 0.1) is 43.7 Å². The first-order valence-corrected chi connectivity index (χ1v) is 9.19. The highest BCUT2D eigenvalue weighted by Crippen LogP contribution is 2.34. The van der Waals surface area contributed by atoms with Gasteiger partial charge in [0.25, 0.3) is 0 Å². The van der Waals surface area contributed by atoms with Gasteiger partial charge in [-0.3, -0.25) is 0 Å². The zero-order chi connectivity index (χ0) is 18.0. The predicted octanol–water partition coefficient (Wildman–Crippen LogP) is 4.04. The number of hydrogen-bond acceptors (Lipinski definition) is 4. The van der Waals surface area contributed by atoms with Crippen molar-refractivity contribution in [2.75, 3.05) is 19.8 Å². The summed E-state index contributed by atoms with van der Waals surface area (Å²) in [6, 6.07) is 0. The lowest BCUT2D eigenvalue weighted by atomic mass is 9.78. The van der Waals surface area contributed by atoms with Crippen molar-refractivity contribution < 1.29 is 19.3 Å². The third-order valence-electron chi connectivity index (χ3n) is 4.79. The van der Waals surface area contributed by atoms with Crippen molar-refractivity contribution in [2.24, 2.45) is 11.8 Å². The van der Waals surface area contributed by atoms with E-state index >= 15 is 0 Å². The van der Waals surface area contributed by atoms with Crippen molar-refractivity contribution in [3.05, 3.63) is 0 Å². The molecule has 23 heavy (non-hydrogen) atoms. The minimum absolute atomic E-state index is 0.00609. The lowest BCUT2D eigenvalue weighted by Crippen LogP contribution is -2.45. The first-order valence-electron chi connectivity index (χ1n) is 9.19. The molecule has 0 bridgehead atoms. The summed E-state index contributed by atoms with van der Waals surface area (Å²) >= 11 is 0. The maximum absolute atomic E-state index is 8.96. The molecule has 5 atom stereocenters. The molecule has 0 saturated carbocycles. The minimum atomic E-state index is -0.145. The van der Waals surface area contributed by atoms with E-state index in [4.69, 9.17) is 19.3 Å². The predicted molar refractivity (Wildman–Crippen MR) is 95.8 cm³/mol. The molecule has 4 heteroatoms. The van der Waals surface area contributed by atoms with Crippen LogP contribution in [-0.4, -0.2) is 48.8 Å². The van der Waals surface area contributed by atoms with E-state index in [1.807, 2.05) is 13.8 Å². The summed E-state index contributed by atoms with van der Waals surface area (Å²) < 4.78 is 17.7. The van der Waals surface area contributed by atoms with Gasteiger partial charge in [-0.2, -0.15) is 0 Å². The first-order chi connectivity index (χ1) is 10.7. The molecule has 0 aliphatic rings. The van der Waals surface area contributed by atoms with Crippen molar-refractivity contribution in [2.45, 2.75) is 92.1 Å². The number of aliphatic hydroxyl groups is 1. The van der Waals surface area contributed by atoms with Crippen LogP contribution in [0.3, 0.4) is 0 Å². The summed E-state index contributed by atoms with van der Waals surface area (Å²) in [7, 11) is 0. The van der Waals surface area contributed by atoms with Crippen molar-refractivity contribution in [3.63, 3.8) is 0 Å². The topological polar surface area (TPSA) is 47.9 Å².